The minimum Gasteiger partial charge on any atom is -0.380 e. The minimum absolute atomic E-state index is 0.0978. The average molecular weight is 200 g/mol. The Hall–Kier alpha value is -0.610. The second kappa shape index (κ2) is 5.98. The Bertz CT molecular complexity index is 179. The van der Waals surface area contributed by atoms with Gasteiger partial charge in [0.25, 0.3) is 0 Å². The summed E-state index contributed by atoms with van der Waals surface area (Å²) in [5.74, 6) is 0.662. The van der Waals surface area contributed by atoms with Crippen molar-refractivity contribution in [3.63, 3.8) is 0 Å². The lowest BCUT2D eigenvalue weighted by Gasteiger charge is -2.12. The van der Waals surface area contributed by atoms with Gasteiger partial charge in [-0.1, -0.05) is 0 Å². The number of amides is 1. The quantitative estimate of drug-likeness (QED) is 0.663. The van der Waals surface area contributed by atoms with Crippen LogP contribution >= 0.6 is 0 Å². The smallest absolute Gasteiger partial charge is 0.220 e. The summed E-state index contributed by atoms with van der Waals surface area (Å²) < 4.78 is 5.04. The lowest BCUT2D eigenvalue weighted by molar-refractivity contribution is -0.122. The number of methoxy groups -OCH3 is 1. The molecular formula is C10H20N2O2. The van der Waals surface area contributed by atoms with Gasteiger partial charge in [-0.25, -0.2) is 0 Å². The summed E-state index contributed by atoms with van der Waals surface area (Å²) in [5, 5.41) is 6.12. The van der Waals surface area contributed by atoms with E-state index in [-0.39, 0.29) is 12.0 Å². The van der Waals surface area contributed by atoms with E-state index in [0.29, 0.717) is 18.9 Å². The van der Waals surface area contributed by atoms with Crippen molar-refractivity contribution in [2.75, 3.05) is 26.7 Å². The highest BCUT2D eigenvalue weighted by Crippen LogP contribution is 2.11. The molecule has 0 spiro atoms. The number of carbonyl (C=O) groups excluding carboxylic acids is 1. The monoisotopic (exact) mass is 200 g/mol. The molecular weight excluding hydrogens is 180 g/mol. The third-order valence-electron chi connectivity index (χ3n) is 2.63. The van der Waals surface area contributed by atoms with Gasteiger partial charge in [-0.3, -0.25) is 4.79 Å². The first kappa shape index (κ1) is 11.5. The van der Waals surface area contributed by atoms with Crippen molar-refractivity contribution in [1.29, 1.82) is 0 Å². The molecule has 1 aliphatic rings. The predicted octanol–water partition coefficient (Wildman–Crippen LogP) is 0.137. The molecule has 0 bridgehead atoms. The fourth-order valence-corrected chi connectivity index (χ4v) is 1.56. The highest BCUT2D eigenvalue weighted by Gasteiger charge is 2.17. The van der Waals surface area contributed by atoms with Crippen LogP contribution in [-0.4, -0.2) is 38.8 Å². The standard InChI is InChI=1S/C10H20N2O2/c1-8(14-2)6-12-10(13)5-9-3-4-11-7-9/h8-9,11H,3-7H2,1-2H3,(H,12,13). The van der Waals surface area contributed by atoms with E-state index in [9.17, 15) is 4.79 Å². The molecule has 1 aliphatic heterocycles. The molecule has 4 nitrogen and oxygen atoms in total. The van der Waals surface area contributed by atoms with Crippen LogP contribution < -0.4 is 10.6 Å². The molecule has 0 radical (unpaired) electrons. The van der Waals surface area contributed by atoms with E-state index < -0.39 is 0 Å². The van der Waals surface area contributed by atoms with Gasteiger partial charge in [0.15, 0.2) is 0 Å². The predicted molar refractivity (Wildman–Crippen MR) is 55.1 cm³/mol. The van der Waals surface area contributed by atoms with E-state index in [1.165, 1.54) is 0 Å². The van der Waals surface area contributed by atoms with Gasteiger partial charge in [0.1, 0.15) is 0 Å². The van der Waals surface area contributed by atoms with Crippen LogP contribution in [0.25, 0.3) is 0 Å². The summed E-state index contributed by atoms with van der Waals surface area (Å²) in [6, 6.07) is 0. The summed E-state index contributed by atoms with van der Waals surface area (Å²) in [5.41, 5.74) is 0. The van der Waals surface area contributed by atoms with E-state index in [2.05, 4.69) is 10.6 Å². The van der Waals surface area contributed by atoms with Gasteiger partial charge in [0, 0.05) is 20.1 Å². The Balaban J connectivity index is 2.09. The van der Waals surface area contributed by atoms with Crippen molar-refractivity contribution in [1.82, 2.24) is 10.6 Å². The highest BCUT2D eigenvalue weighted by molar-refractivity contribution is 5.76. The molecule has 2 atom stereocenters. The molecule has 0 aromatic rings. The van der Waals surface area contributed by atoms with Gasteiger partial charge in [-0.2, -0.15) is 0 Å². The summed E-state index contributed by atoms with van der Waals surface area (Å²) in [7, 11) is 1.65. The van der Waals surface area contributed by atoms with E-state index >= 15 is 0 Å². The molecule has 14 heavy (non-hydrogen) atoms. The maximum absolute atomic E-state index is 11.4. The zero-order chi connectivity index (χ0) is 10.4. The SMILES string of the molecule is COC(C)CNC(=O)CC1CCNC1. The fourth-order valence-electron chi connectivity index (χ4n) is 1.56. The maximum Gasteiger partial charge on any atom is 0.220 e. The molecule has 1 rings (SSSR count). The topological polar surface area (TPSA) is 50.4 Å². The van der Waals surface area contributed by atoms with Crippen molar-refractivity contribution in [3.05, 3.63) is 0 Å². The zero-order valence-corrected chi connectivity index (χ0v) is 9.01. The zero-order valence-electron chi connectivity index (χ0n) is 9.01. The Morgan fingerprint density at radius 2 is 2.50 bits per heavy atom. The first-order valence-corrected chi connectivity index (χ1v) is 5.22. The number of hydrogen-bond acceptors (Lipinski definition) is 3. The fraction of sp³-hybridized carbons (Fsp3) is 0.900. The molecule has 0 aromatic carbocycles. The van der Waals surface area contributed by atoms with Gasteiger partial charge in [0.05, 0.1) is 6.10 Å². The lowest BCUT2D eigenvalue weighted by Crippen LogP contribution is -2.32. The van der Waals surface area contributed by atoms with Crippen LogP contribution in [0.15, 0.2) is 0 Å². The summed E-state index contributed by atoms with van der Waals surface area (Å²) in [6.07, 6.45) is 1.86. The minimum atomic E-state index is 0.0978. The first-order chi connectivity index (χ1) is 6.72. The summed E-state index contributed by atoms with van der Waals surface area (Å²) in [6.45, 7) is 4.58. The van der Waals surface area contributed by atoms with Gasteiger partial charge in [-0.05, 0) is 32.4 Å². The molecule has 1 fully saturated rings. The molecule has 82 valence electrons. The number of rotatable bonds is 5. The van der Waals surface area contributed by atoms with E-state index in [1.807, 2.05) is 6.92 Å². The highest BCUT2D eigenvalue weighted by atomic mass is 16.5. The third kappa shape index (κ3) is 4.07. The summed E-state index contributed by atoms with van der Waals surface area (Å²) >= 11 is 0. The first-order valence-electron chi connectivity index (χ1n) is 5.22. The molecule has 4 heteroatoms. The Labute approximate surface area is 85.4 Å². The normalized spacial score (nSPS) is 23.4. The molecule has 1 heterocycles. The number of ether oxygens (including phenoxy) is 1. The Morgan fingerprint density at radius 3 is 3.07 bits per heavy atom. The molecule has 2 unspecified atom stereocenters. The van der Waals surface area contributed by atoms with Gasteiger partial charge in [-0.15, -0.1) is 0 Å². The Kier molecular flexibility index (Phi) is 4.90. The second-order valence-corrected chi connectivity index (χ2v) is 3.91. The number of carbonyl (C=O) groups is 1. The maximum atomic E-state index is 11.4. The van der Waals surface area contributed by atoms with Crippen molar-refractivity contribution in [2.24, 2.45) is 5.92 Å². The lowest BCUT2D eigenvalue weighted by atomic mass is 10.0. The average Bonchev–Trinajstić information content (AvgIpc) is 2.66. The molecule has 0 aromatic heterocycles. The van der Waals surface area contributed by atoms with Crippen LogP contribution in [0, 0.1) is 5.92 Å². The van der Waals surface area contributed by atoms with Crippen LogP contribution in [0.3, 0.4) is 0 Å². The largest absolute Gasteiger partial charge is 0.380 e. The number of nitrogens with one attached hydrogen (secondary N) is 2. The van der Waals surface area contributed by atoms with Gasteiger partial charge < -0.3 is 15.4 Å². The van der Waals surface area contributed by atoms with Gasteiger partial charge >= 0.3 is 0 Å². The second-order valence-electron chi connectivity index (χ2n) is 3.91. The van der Waals surface area contributed by atoms with E-state index in [0.717, 1.165) is 19.5 Å². The van der Waals surface area contributed by atoms with Crippen molar-refractivity contribution >= 4 is 5.91 Å². The van der Waals surface area contributed by atoms with Crippen LogP contribution in [0.2, 0.25) is 0 Å². The molecule has 1 amide bonds. The van der Waals surface area contributed by atoms with Crippen molar-refractivity contribution in [2.45, 2.75) is 25.9 Å². The van der Waals surface area contributed by atoms with Crippen LogP contribution in [0.5, 0.6) is 0 Å². The number of hydrogen-bond donors (Lipinski definition) is 2. The Morgan fingerprint density at radius 1 is 1.71 bits per heavy atom. The van der Waals surface area contributed by atoms with Crippen LogP contribution in [-0.2, 0) is 9.53 Å². The van der Waals surface area contributed by atoms with E-state index in [4.69, 9.17) is 4.74 Å². The van der Waals surface area contributed by atoms with Crippen LogP contribution in [0.4, 0.5) is 0 Å². The third-order valence-corrected chi connectivity index (χ3v) is 2.63. The molecule has 2 N–H and O–H groups in total. The molecule has 0 saturated carbocycles. The molecule has 0 aliphatic carbocycles. The van der Waals surface area contributed by atoms with Gasteiger partial charge in [0.2, 0.25) is 5.91 Å². The van der Waals surface area contributed by atoms with Crippen LogP contribution in [0.1, 0.15) is 19.8 Å². The van der Waals surface area contributed by atoms with Crippen molar-refractivity contribution in [3.8, 4) is 0 Å². The van der Waals surface area contributed by atoms with Crippen molar-refractivity contribution < 1.29 is 9.53 Å². The molecule has 1 saturated heterocycles. The summed E-state index contributed by atoms with van der Waals surface area (Å²) in [4.78, 5) is 11.4. The van der Waals surface area contributed by atoms with E-state index in [1.54, 1.807) is 7.11 Å².